The Morgan fingerprint density at radius 1 is 1.30 bits per heavy atom. The summed E-state index contributed by atoms with van der Waals surface area (Å²) in [6.07, 6.45) is -0.951. The minimum Gasteiger partial charge on any atom is -0.481 e. The first-order chi connectivity index (χ1) is 9.30. The molecule has 0 aliphatic heterocycles. The molecular weight excluding hydrogens is 354 g/mol. The zero-order valence-electron chi connectivity index (χ0n) is 10.1. The van der Waals surface area contributed by atoms with Crippen molar-refractivity contribution < 1.29 is 28.3 Å². The van der Waals surface area contributed by atoms with E-state index in [1.54, 1.807) is 6.07 Å². The van der Waals surface area contributed by atoms with Crippen LogP contribution >= 0.6 is 15.9 Å². The lowest BCUT2D eigenvalue weighted by molar-refractivity contribution is -0.137. The molecule has 0 saturated heterocycles. The third-order valence-electron chi connectivity index (χ3n) is 2.54. The number of amides is 1. The van der Waals surface area contributed by atoms with Gasteiger partial charge in [-0.25, -0.2) is 13.9 Å². The molecule has 1 aromatic carbocycles. The predicted molar refractivity (Wildman–Crippen MR) is 71.9 cm³/mol. The second-order valence-electron chi connectivity index (χ2n) is 3.87. The van der Waals surface area contributed by atoms with Crippen molar-refractivity contribution in [1.29, 1.82) is 0 Å². The summed E-state index contributed by atoms with van der Waals surface area (Å²) in [4.78, 5) is 21.9. The van der Waals surface area contributed by atoms with Crippen molar-refractivity contribution in [3.63, 3.8) is 0 Å². The van der Waals surface area contributed by atoms with Gasteiger partial charge in [0.1, 0.15) is 5.25 Å². The number of hydrogen-bond acceptors (Lipinski definition) is 5. The van der Waals surface area contributed by atoms with Gasteiger partial charge in [0.05, 0.1) is 4.90 Å². The number of carbonyl (C=O) groups is 2. The van der Waals surface area contributed by atoms with Gasteiger partial charge in [0.25, 0.3) is 5.91 Å². The van der Waals surface area contributed by atoms with Crippen LogP contribution in [0.15, 0.2) is 33.6 Å². The van der Waals surface area contributed by atoms with Crippen molar-refractivity contribution in [3.8, 4) is 0 Å². The molecule has 0 spiro atoms. The molecule has 20 heavy (non-hydrogen) atoms. The number of carbonyl (C=O) groups excluding carboxylic acids is 1. The molecule has 0 aliphatic carbocycles. The number of carboxylic acid groups (broad SMARTS) is 1. The number of nitrogens with one attached hydrogen (secondary N) is 1. The van der Waals surface area contributed by atoms with Crippen molar-refractivity contribution >= 4 is 37.6 Å². The van der Waals surface area contributed by atoms with E-state index >= 15 is 0 Å². The second-order valence-corrected chi connectivity index (χ2v) is 6.83. The van der Waals surface area contributed by atoms with E-state index in [0.717, 1.165) is 0 Å². The van der Waals surface area contributed by atoms with Crippen LogP contribution in [0.3, 0.4) is 0 Å². The lowest BCUT2D eigenvalue weighted by Gasteiger charge is -2.15. The molecule has 110 valence electrons. The van der Waals surface area contributed by atoms with Crippen LogP contribution in [0, 0.1) is 0 Å². The summed E-state index contributed by atoms with van der Waals surface area (Å²) in [5.41, 5.74) is 1.26. The van der Waals surface area contributed by atoms with Crippen LogP contribution < -0.4 is 5.48 Å². The quantitative estimate of drug-likeness (QED) is 0.510. The molecule has 0 heterocycles. The predicted octanol–water partition coefficient (Wildman–Crippen LogP) is 0.962. The van der Waals surface area contributed by atoms with Gasteiger partial charge in [0, 0.05) is 10.9 Å². The van der Waals surface area contributed by atoms with Crippen LogP contribution in [0.5, 0.6) is 0 Å². The maximum atomic E-state index is 12.4. The number of rotatable bonds is 6. The van der Waals surface area contributed by atoms with Gasteiger partial charge in [-0.2, -0.15) is 0 Å². The molecule has 9 heteroatoms. The van der Waals surface area contributed by atoms with Gasteiger partial charge in [-0.3, -0.25) is 14.8 Å². The van der Waals surface area contributed by atoms with E-state index in [4.69, 9.17) is 10.3 Å². The van der Waals surface area contributed by atoms with E-state index in [9.17, 15) is 18.0 Å². The van der Waals surface area contributed by atoms with Gasteiger partial charge in [-0.15, -0.1) is 0 Å². The van der Waals surface area contributed by atoms with Gasteiger partial charge < -0.3 is 5.11 Å². The normalized spacial score (nSPS) is 12.7. The van der Waals surface area contributed by atoms with Gasteiger partial charge in [0.2, 0.25) is 0 Å². The SMILES string of the molecule is O=C(O)CCC(C(=O)NO)S(=O)(=O)c1ccccc1Br. The molecule has 1 atom stereocenters. The summed E-state index contributed by atoms with van der Waals surface area (Å²) in [6, 6.07) is 5.85. The number of benzene rings is 1. The lowest BCUT2D eigenvalue weighted by Crippen LogP contribution is -2.39. The van der Waals surface area contributed by atoms with Crippen molar-refractivity contribution in [2.24, 2.45) is 0 Å². The highest BCUT2D eigenvalue weighted by Crippen LogP contribution is 2.27. The number of halogens is 1. The zero-order chi connectivity index (χ0) is 15.3. The summed E-state index contributed by atoms with van der Waals surface area (Å²) in [7, 11) is -4.12. The van der Waals surface area contributed by atoms with E-state index in [0.29, 0.717) is 0 Å². The molecule has 0 aromatic heterocycles. The Morgan fingerprint density at radius 2 is 1.90 bits per heavy atom. The number of hydroxylamine groups is 1. The van der Waals surface area contributed by atoms with E-state index in [1.807, 2.05) is 0 Å². The van der Waals surface area contributed by atoms with Crippen LogP contribution in [-0.2, 0) is 19.4 Å². The molecule has 0 saturated carbocycles. The van der Waals surface area contributed by atoms with Gasteiger partial charge >= 0.3 is 5.97 Å². The topological polar surface area (TPSA) is 121 Å². The number of aliphatic carboxylic acids is 1. The first-order valence-corrected chi connectivity index (χ1v) is 7.78. The van der Waals surface area contributed by atoms with Crippen molar-refractivity contribution in [3.05, 3.63) is 28.7 Å². The Labute approximate surface area is 123 Å². The molecule has 0 aliphatic rings. The standard InChI is InChI=1S/C11H12BrNO6S/c12-7-3-1-2-4-8(7)20(18,19)9(11(16)13-17)5-6-10(14)15/h1-4,9,17H,5-6H2,(H,13,16)(H,14,15). The van der Waals surface area contributed by atoms with Crippen LogP contribution in [0.4, 0.5) is 0 Å². The number of sulfone groups is 1. The summed E-state index contributed by atoms with van der Waals surface area (Å²) in [6.45, 7) is 0. The first-order valence-electron chi connectivity index (χ1n) is 5.45. The molecule has 1 amide bonds. The van der Waals surface area contributed by atoms with Crippen LogP contribution in [-0.4, -0.2) is 35.9 Å². The van der Waals surface area contributed by atoms with Gasteiger partial charge in [0.15, 0.2) is 9.84 Å². The minimum absolute atomic E-state index is 0.140. The Morgan fingerprint density at radius 3 is 2.40 bits per heavy atom. The molecule has 1 rings (SSSR count). The molecule has 3 N–H and O–H groups in total. The fraction of sp³-hybridized carbons (Fsp3) is 0.273. The highest BCUT2D eigenvalue weighted by molar-refractivity contribution is 9.10. The third-order valence-corrected chi connectivity index (χ3v) is 5.66. The smallest absolute Gasteiger partial charge is 0.303 e. The summed E-state index contributed by atoms with van der Waals surface area (Å²) >= 11 is 3.06. The van der Waals surface area contributed by atoms with Crippen LogP contribution in [0.25, 0.3) is 0 Å². The van der Waals surface area contributed by atoms with Crippen molar-refractivity contribution in [2.45, 2.75) is 23.0 Å². The monoisotopic (exact) mass is 365 g/mol. The average Bonchev–Trinajstić information content (AvgIpc) is 2.38. The fourth-order valence-electron chi connectivity index (χ4n) is 1.58. The molecule has 0 bridgehead atoms. The molecular formula is C11H12BrNO6S. The van der Waals surface area contributed by atoms with E-state index in [-0.39, 0.29) is 9.37 Å². The van der Waals surface area contributed by atoms with Crippen molar-refractivity contribution in [2.75, 3.05) is 0 Å². The largest absolute Gasteiger partial charge is 0.481 e. The molecule has 0 radical (unpaired) electrons. The fourth-order valence-corrected chi connectivity index (χ4v) is 4.22. The highest BCUT2D eigenvalue weighted by Gasteiger charge is 2.35. The van der Waals surface area contributed by atoms with Crippen molar-refractivity contribution in [1.82, 2.24) is 5.48 Å². The minimum atomic E-state index is -4.12. The molecule has 0 fully saturated rings. The Kier molecular flexibility index (Phi) is 5.66. The Bertz CT molecular complexity index is 615. The van der Waals surface area contributed by atoms with E-state index in [2.05, 4.69) is 15.9 Å². The van der Waals surface area contributed by atoms with Gasteiger partial charge in [-0.05, 0) is 34.5 Å². The average molecular weight is 366 g/mol. The first kappa shape index (κ1) is 16.6. The van der Waals surface area contributed by atoms with Crippen LogP contribution in [0.2, 0.25) is 0 Å². The number of carboxylic acids is 1. The maximum Gasteiger partial charge on any atom is 0.303 e. The Balaban J connectivity index is 3.21. The molecule has 1 unspecified atom stereocenters. The summed E-state index contributed by atoms with van der Waals surface area (Å²) < 4.78 is 25.0. The van der Waals surface area contributed by atoms with E-state index in [1.165, 1.54) is 23.7 Å². The zero-order valence-corrected chi connectivity index (χ0v) is 12.5. The molecule has 1 aromatic rings. The maximum absolute atomic E-state index is 12.4. The van der Waals surface area contributed by atoms with Gasteiger partial charge in [-0.1, -0.05) is 12.1 Å². The summed E-state index contributed by atoms with van der Waals surface area (Å²) in [5, 5.41) is 15.6. The lowest BCUT2D eigenvalue weighted by atomic mass is 10.2. The summed E-state index contributed by atoms with van der Waals surface area (Å²) in [5.74, 6) is -2.40. The third kappa shape index (κ3) is 3.78. The van der Waals surface area contributed by atoms with Crippen LogP contribution in [0.1, 0.15) is 12.8 Å². The van der Waals surface area contributed by atoms with E-state index < -0.39 is 39.8 Å². The molecule has 7 nitrogen and oxygen atoms in total. The number of hydrogen-bond donors (Lipinski definition) is 3. The Hall–Kier alpha value is -1.45. The highest BCUT2D eigenvalue weighted by atomic mass is 79.9. The second kappa shape index (κ2) is 6.82.